The van der Waals surface area contributed by atoms with Crippen molar-refractivity contribution in [1.29, 1.82) is 0 Å². The summed E-state index contributed by atoms with van der Waals surface area (Å²) < 4.78 is 5.45. The van der Waals surface area contributed by atoms with Crippen LogP contribution in [0, 0.1) is 13.8 Å². The van der Waals surface area contributed by atoms with Gasteiger partial charge in [-0.2, -0.15) is 0 Å². The van der Waals surface area contributed by atoms with E-state index in [1.165, 1.54) is 42.4 Å². The number of benzene rings is 1. The molecule has 1 nitrogen and oxygen atoms in total. The number of rotatable bonds is 1. The van der Waals surface area contributed by atoms with Gasteiger partial charge in [0.05, 0.1) is 7.11 Å². The predicted octanol–water partition coefficient (Wildman–Crippen LogP) is 3.19. The molecular formula is C13H18O. The molecule has 1 aromatic carbocycles. The molecule has 1 aromatic rings. The molecule has 1 aliphatic rings. The molecule has 0 aromatic heterocycles. The van der Waals surface area contributed by atoms with Crippen LogP contribution < -0.4 is 4.74 Å². The fourth-order valence-electron chi connectivity index (χ4n) is 2.40. The largest absolute Gasteiger partial charge is 0.496 e. The van der Waals surface area contributed by atoms with Crippen molar-refractivity contribution in [3.63, 3.8) is 0 Å². The quantitative estimate of drug-likeness (QED) is 0.661. The molecule has 0 aliphatic heterocycles. The van der Waals surface area contributed by atoms with Crippen LogP contribution in [0.1, 0.15) is 35.1 Å². The molecule has 0 unspecified atom stereocenters. The Balaban J connectivity index is 2.60. The van der Waals surface area contributed by atoms with Crippen LogP contribution in [0.25, 0.3) is 0 Å². The zero-order valence-corrected chi connectivity index (χ0v) is 9.31. The van der Waals surface area contributed by atoms with Crippen LogP contribution in [0.4, 0.5) is 0 Å². The van der Waals surface area contributed by atoms with E-state index < -0.39 is 0 Å². The molecule has 1 aliphatic carbocycles. The summed E-state index contributed by atoms with van der Waals surface area (Å²) in [7, 11) is 1.78. The highest BCUT2D eigenvalue weighted by Crippen LogP contribution is 2.33. The topological polar surface area (TPSA) is 9.23 Å². The summed E-state index contributed by atoms with van der Waals surface area (Å²) >= 11 is 0. The van der Waals surface area contributed by atoms with Crippen LogP contribution in [0.5, 0.6) is 5.75 Å². The van der Waals surface area contributed by atoms with E-state index in [4.69, 9.17) is 4.74 Å². The predicted molar refractivity (Wildman–Crippen MR) is 59.1 cm³/mol. The normalized spacial score (nSPS) is 15.1. The summed E-state index contributed by atoms with van der Waals surface area (Å²) in [6, 6.07) is 2.18. The Kier molecular flexibility index (Phi) is 2.49. The minimum absolute atomic E-state index is 1.10. The molecule has 14 heavy (non-hydrogen) atoms. The second-order valence-electron chi connectivity index (χ2n) is 4.18. The molecule has 76 valence electrons. The molecular weight excluding hydrogens is 172 g/mol. The maximum Gasteiger partial charge on any atom is 0.122 e. The summed E-state index contributed by atoms with van der Waals surface area (Å²) in [6.07, 6.45) is 5.07. The fourth-order valence-corrected chi connectivity index (χ4v) is 2.40. The molecule has 0 spiro atoms. The van der Waals surface area contributed by atoms with E-state index in [1.54, 1.807) is 12.7 Å². The van der Waals surface area contributed by atoms with Crippen molar-refractivity contribution >= 4 is 0 Å². The second-order valence-corrected chi connectivity index (χ2v) is 4.18. The number of fused-ring (bicyclic) bond motifs is 1. The lowest BCUT2D eigenvalue weighted by Crippen LogP contribution is -2.08. The summed E-state index contributed by atoms with van der Waals surface area (Å²) in [5.74, 6) is 1.10. The number of hydrogen-bond acceptors (Lipinski definition) is 1. The van der Waals surface area contributed by atoms with Crippen molar-refractivity contribution < 1.29 is 4.74 Å². The maximum atomic E-state index is 5.45. The smallest absolute Gasteiger partial charge is 0.122 e. The highest BCUT2D eigenvalue weighted by molar-refractivity contribution is 5.49. The van der Waals surface area contributed by atoms with E-state index in [9.17, 15) is 0 Å². The Morgan fingerprint density at radius 3 is 2.36 bits per heavy atom. The lowest BCUT2D eigenvalue weighted by atomic mass is 9.86. The number of methoxy groups -OCH3 is 1. The van der Waals surface area contributed by atoms with E-state index in [0.717, 1.165) is 5.75 Å². The average Bonchev–Trinajstić information content (AvgIpc) is 2.23. The van der Waals surface area contributed by atoms with Gasteiger partial charge in [0.15, 0.2) is 0 Å². The molecule has 0 radical (unpaired) electrons. The molecule has 1 heteroatoms. The lowest BCUT2D eigenvalue weighted by Gasteiger charge is -2.22. The Bertz CT molecular complexity index is 353. The molecule has 0 heterocycles. The summed E-state index contributed by atoms with van der Waals surface area (Å²) in [5.41, 5.74) is 5.85. The second kappa shape index (κ2) is 3.64. The van der Waals surface area contributed by atoms with Crippen molar-refractivity contribution in [2.75, 3.05) is 7.11 Å². The van der Waals surface area contributed by atoms with Crippen molar-refractivity contribution in [2.24, 2.45) is 0 Å². The van der Waals surface area contributed by atoms with Gasteiger partial charge in [-0.05, 0) is 67.9 Å². The van der Waals surface area contributed by atoms with Gasteiger partial charge < -0.3 is 4.74 Å². The van der Waals surface area contributed by atoms with Crippen molar-refractivity contribution in [1.82, 2.24) is 0 Å². The summed E-state index contributed by atoms with van der Waals surface area (Å²) in [4.78, 5) is 0. The molecule has 0 bridgehead atoms. The van der Waals surface area contributed by atoms with Crippen LogP contribution in [-0.2, 0) is 12.8 Å². The highest BCUT2D eigenvalue weighted by atomic mass is 16.5. The molecule has 2 rings (SSSR count). The van der Waals surface area contributed by atoms with Crippen LogP contribution >= 0.6 is 0 Å². The molecule has 0 saturated carbocycles. The van der Waals surface area contributed by atoms with Crippen molar-refractivity contribution in [2.45, 2.75) is 39.5 Å². The first-order chi connectivity index (χ1) is 6.74. The maximum absolute atomic E-state index is 5.45. The Morgan fingerprint density at radius 1 is 1.07 bits per heavy atom. The van der Waals surface area contributed by atoms with E-state index >= 15 is 0 Å². The Hall–Kier alpha value is -0.980. The number of aryl methyl sites for hydroxylation is 1. The van der Waals surface area contributed by atoms with E-state index in [1.807, 2.05) is 0 Å². The van der Waals surface area contributed by atoms with E-state index in [-0.39, 0.29) is 0 Å². The first-order valence-corrected chi connectivity index (χ1v) is 5.40. The summed E-state index contributed by atoms with van der Waals surface area (Å²) in [5, 5.41) is 0. The van der Waals surface area contributed by atoms with Gasteiger partial charge in [0.2, 0.25) is 0 Å². The van der Waals surface area contributed by atoms with Gasteiger partial charge in [0.1, 0.15) is 5.75 Å². The monoisotopic (exact) mass is 190 g/mol. The van der Waals surface area contributed by atoms with Gasteiger partial charge >= 0.3 is 0 Å². The number of hydrogen-bond donors (Lipinski definition) is 0. The van der Waals surface area contributed by atoms with Gasteiger partial charge in [0.25, 0.3) is 0 Å². The Morgan fingerprint density at radius 2 is 1.71 bits per heavy atom. The molecule has 0 N–H and O–H groups in total. The van der Waals surface area contributed by atoms with Gasteiger partial charge in [-0.3, -0.25) is 0 Å². The SMILES string of the molecule is COc1cc(C)c(C)c2c1CCCC2. The molecule has 0 amide bonds. The van der Waals surface area contributed by atoms with E-state index in [2.05, 4.69) is 19.9 Å². The van der Waals surface area contributed by atoms with Crippen LogP contribution in [0.3, 0.4) is 0 Å². The van der Waals surface area contributed by atoms with Crippen LogP contribution in [-0.4, -0.2) is 7.11 Å². The zero-order valence-electron chi connectivity index (χ0n) is 9.31. The standard InChI is InChI=1S/C13H18O/c1-9-8-13(14-3)12-7-5-4-6-11(12)10(9)2/h8H,4-7H2,1-3H3. The third-order valence-electron chi connectivity index (χ3n) is 3.38. The molecule has 0 saturated heterocycles. The Labute approximate surface area is 86.1 Å². The van der Waals surface area contributed by atoms with Crippen molar-refractivity contribution in [3.05, 3.63) is 28.3 Å². The summed E-state index contributed by atoms with van der Waals surface area (Å²) in [6.45, 7) is 4.41. The van der Waals surface area contributed by atoms with Crippen LogP contribution in [0.2, 0.25) is 0 Å². The third-order valence-corrected chi connectivity index (χ3v) is 3.38. The highest BCUT2D eigenvalue weighted by Gasteiger charge is 2.17. The number of ether oxygens (including phenoxy) is 1. The van der Waals surface area contributed by atoms with Gasteiger partial charge in [-0.15, -0.1) is 0 Å². The third kappa shape index (κ3) is 1.41. The lowest BCUT2D eigenvalue weighted by molar-refractivity contribution is 0.405. The van der Waals surface area contributed by atoms with Crippen molar-refractivity contribution in [3.8, 4) is 5.75 Å². The first-order valence-electron chi connectivity index (χ1n) is 5.40. The minimum atomic E-state index is 1.10. The van der Waals surface area contributed by atoms with E-state index in [0.29, 0.717) is 0 Å². The minimum Gasteiger partial charge on any atom is -0.496 e. The van der Waals surface area contributed by atoms with Gasteiger partial charge in [0, 0.05) is 0 Å². The molecule has 0 atom stereocenters. The zero-order chi connectivity index (χ0) is 10.1. The van der Waals surface area contributed by atoms with Gasteiger partial charge in [-0.1, -0.05) is 0 Å². The van der Waals surface area contributed by atoms with Crippen LogP contribution in [0.15, 0.2) is 6.07 Å². The molecule has 0 fully saturated rings. The average molecular weight is 190 g/mol. The first kappa shape index (κ1) is 9.57. The van der Waals surface area contributed by atoms with Gasteiger partial charge in [-0.25, -0.2) is 0 Å². The fraction of sp³-hybridized carbons (Fsp3) is 0.538.